The van der Waals surface area contributed by atoms with Crippen molar-refractivity contribution in [2.24, 2.45) is 0 Å². The van der Waals surface area contributed by atoms with E-state index in [4.69, 9.17) is 11.6 Å². The second-order valence-electron chi connectivity index (χ2n) is 5.25. The summed E-state index contributed by atoms with van der Waals surface area (Å²) in [7, 11) is 1.79. The van der Waals surface area contributed by atoms with Crippen molar-refractivity contribution in [2.75, 3.05) is 13.6 Å². The number of halogens is 3. The highest BCUT2D eigenvalue weighted by Gasteiger charge is 2.27. The maximum absolute atomic E-state index is 13.9. The van der Waals surface area contributed by atoms with Gasteiger partial charge in [0.2, 0.25) is 5.91 Å². The van der Waals surface area contributed by atoms with Crippen molar-refractivity contribution in [3.05, 3.63) is 27.3 Å². The molecule has 3 rings (SSSR count). The number of hydrogen-bond acceptors (Lipinski definition) is 2. The van der Waals surface area contributed by atoms with Crippen LogP contribution in [-0.2, 0) is 10.7 Å². The summed E-state index contributed by atoms with van der Waals surface area (Å²) in [4.78, 5) is 17.9. The molecule has 1 amide bonds. The Balaban J connectivity index is 2.12. The molecule has 2 heterocycles. The number of amides is 1. The first-order valence-corrected chi connectivity index (χ1v) is 8.28. The fraction of sp³-hybridized carbons (Fsp3) is 0.429. The van der Waals surface area contributed by atoms with Crippen molar-refractivity contribution in [1.29, 1.82) is 0 Å². The largest absolute Gasteiger partial charge is 0.344 e. The third kappa shape index (κ3) is 2.63. The number of likely N-dealkylation sites (tertiary alicyclic amines) is 1. The van der Waals surface area contributed by atoms with Crippen LogP contribution in [0.2, 0.25) is 0 Å². The molecule has 1 aliphatic heterocycles. The van der Waals surface area contributed by atoms with Crippen LogP contribution in [0.15, 0.2) is 12.1 Å². The second-order valence-corrected chi connectivity index (χ2v) is 6.68. The summed E-state index contributed by atoms with van der Waals surface area (Å²) >= 11 is 7.96. The van der Waals surface area contributed by atoms with Gasteiger partial charge in [0.25, 0.3) is 0 Å². The molecule has 4 nitrogen and oxygen atoms in total. The number of imidazole rings is 1. The first kappa shape index (κ1) is 15.0. The standard InChI is InChI=1S/C14H14ClFIN3O/c1-19-7-8(2-3-14(19)21)20-12-4-9(16)10(17)5-11(12)18-13(20)6-15/h4-5,8H,2-3,6-7H2,1H3. The molecule has 0 spiro atoms. The van der Waals surface area contributed by atoms with Crippen LogP contribution in [0, 0.1) is 9.39 Å². The molecule has 0 bridgehead atoms. The van der Waals surface area contributed by atoms with Gasteiger partial charge in [-0.2, -0.15) is 0 Å². The van der Waals surface area contributed by atoms with Crippen LogP contribution in [0.1, 0.15) is 24.7 Å². The Labute approximate surface area is 140 Å². The highest BCUT2D eigenvalue weighted by atomic mass is 127. The number of likely N-dealkylation sites (N-methyl/N-ethyl adjacent to an activating group) is 1. The fourth-order valence-electron chi connectivity index (χ4n) is 2.84. The van der Waals surface area contributed by atoms with E-state index in [2.05, 4.69) is 4.98 Å². The summed E-state index contributed by atoms with van der Waals surface area (Å²) in [6, 6.07) is 3.33. The lowest BCUT2D eigenvalue weighted by atomic mass is 10.1. The Kier molecular flexibility index (Phi) is 4.09. The van der Waals surface area contributed by atoms with E-state index in [0.717, 1.165) is 23.3 Å². The van der Waals surface area contributed by atoms with Gasteiger partial charge < -0.3 is 9.47 Å². The van der Waals surface area contributed by atoms with Crippen LogP contribution in [0.5, 0.6) is 0 Å². The van der Waals surface area contributed by atoms with Crippen molar-refractivity contribution in [1.82, 2.24) is 14.5 Å². The second kappa shape index (κ2) is 5.72. The summed E-state index contributed by atoms with van der Waals surface area (Å²) in [5.74, 6) is 0.872. The number of nitrogens with zero attached hydrogens (tertiary/aromatic N) is 3. The molecule has 1 aromatic heterocycles. The number of alkyl halides is 1. The molecule has 1 saturated heterocycles. The maximum Gasteiger partial charge on any atom is 0.222 e. The zero-order valence-electron chi connectivity index (χ0n) is 11.4. The van der Waals surface area contributed by atoms with E-state index in [0.29, 0.717) is 16.5 Å². The van der Waals surface area contributed by atoms with Crippen molar-refractivity contribution < 1.29 is 9.18 Å². The molecule has 1 aromatic carbocycles. The number of benzene rings is 1. The van der Waals surface area contributed by atoms with Crippen molar-refractivity contribution in [3.63, 3.8) is 0 Å². The van der Waals surface area contributed by atoms with Gasteiger partial charge in [-0.15, -0.1) is 11.6 Å². The SMILES string of the molecule is CN1CC(n2c(CCl)nc3cc(I)c(F)cc32)CCC1=O. The first-order chi connectivity index (χ1) is 10.0. The monoisotopic (exact) mass is 421 g/mol. The van der Waals surface area contributed by atoms with E-state index >= 15 is 0 Å². The highest BCUT2D eigenvalue weighted by molar-refractivity contribution is 14.1. The highest BCUT2D eigenvalue weighted by Crippen LogP contribution is 2.30. The van der Waals surface area contributed by atoms with Crippen LogP contribution in [-0.4, -0.2) is 34.0 Å². The molecule has 0 saturated carbocycles. The van der Waals surface area contributed by atoms with Crippen LogP contribution >= 0.6 is 34.2 Å². The van der Waals surface area contributed by atoms with Crippen LogP contribution in [0.3, 0.4) is 0 Å². The van der Waals surface area contributed by atoms with Gasteiger partial charge >= 0.3 is 0 Å². The molecule has 0 radical (unpaired) electrons. The normalized spacial score (nSPS) is 19.5. The van der Waals surface area contributed by atoms with Gasteiger partial charge in [0, 0.05) is 26.1 Å². The Morgan fingerprint density at radius 2 is 2.29 bits per heavy atom. The Morgan fingerprint density at radius 3 is 2.95 bits per heavy atom. The van der Waals surface area contributed by atoms with E-state index in [9.17, 15) is 9.18 Å². The summed E-state index contributed by atoms with van der Waals surface area (Å²) in [5.41, 5.74) is 1.49. The molecule has 7 heteroatoms. The summed E-state index contributed by atoms with van der Waals surface area (Å²) < 4.78 is 16.4. The summed E-state index contributed by atoms with van der Waals surface area (Å²) in [6.45, 7) is 0.599. The average Bonchev–Trinajstić information content (AvgIpc) is 2.80. The molecule has 1 fully saturated rings. The molecule has 1 unspecified atom stereocenters. The fourth-order valence-corrected chi connectivity index (χ4v) is 3.48. The third-order valence-electron chi connectivity index (χ3n) is 3.89. The minimum Gasteiger partial charge on any atom is -0.344 e. The lowest BCUT2D eigenvalue weighted by Gasteiger charge is -2.31. The number of piperidine rings is 1. The summed E-state index contributed by atoms with van der Waals surface area (Å²) in [6.07, 6.45) is 1.22. The summed E-state index contributed by atoms with van der Waals surface area (Å²) in [5, 5.41) is 0. The quantitative estimate of drug-likeness (QED) is 0.551. The van der Waals surface area contributed by atoms with E-state index in [-0.39, 0.29) is 23.6 Å². The number of hydrogen-bond donors (Lipinski definition) is 0. The Morgan fingerprint density at radius 1 is 1.52 bits per heavy atom. The maximum atomic E-state index is 13.9. The lowest BCUT2D eigenvalue weighted by Crippen LogP contribution is -2.38. The number of carbonyl (C=O) groups excluding carboxylic acids is 1. The predicted molar refractivity (Wildman–Crippen MR) is 87.9 cm³/mol. The lowest BCUT2D eigenvalue weighted by molar-refractivity contribution is -0.132. The minimum absolute atomic E-state index is 0.0888. The Bertz CT molecular complexity index is 718. The number of carbonyl (C=O) groups is 1. The van der Waals surface area contributed by atoms with Gasteiger partial charge in [-0.05, 0) is 35.1 Å². The minimum atomic E-state index is -0.259. The number of rotatable bonds is 2. The van der Waals surface area contributed by atoms with Crippen LogP contribution < -0.4 is 0 Å². The number of fused-ring (bicyclic) bond motifs is 1. The topological polar surface area (TPSA) is 38.1 Å². The molecule has 0 N–H and O–H groups in total. The third-order valence-corrected chi connectivity index (χ3v) is 4.96. The predicted octanol–water partition coefficient (Wildman–Crippen LogP) is 3.31. The molecule has 2 aromatic rings. The van der Waals surface area contributed by atoms with Crippen molar-refractivity contribution in [3.8, 4) is 0 Å². The molecular weight excluding hydrogens is 408 g/mol. The first-order valence-electron chi connectivity index (χ1n) is 6.67. The van der Waals surface area contributed by atoms with Gasteiger partial charge in [-0.25, -0.2) is 9.37 Å². The zero-order chi connectivity index (χ0) is 15.1. The molecule has 0 aliphatic carbocycles. The molecule has 1 atom stereocenters. The smallest absolute Gasteiger partial charge is 0.222 e. The van der Waals surface area contributed by atoms with Gasteiger partial charge in [0.05, 0.1) is 26.5 Å². The molecular formula is C14H14ClFIN3O. The van der Waals surface area contributed by atoms with Crippen LogP contribution in [0.25, 0.3) is 11.0 Å². The van der Waals surface area contributed by atoms with E-state index < -0.39 is 0 Å². The van der Waals surface area contributed by atoms with Gasteiger partial charge in [0.15, 0.2) is 0 Å². The van der Waals surface area contributed by atoms with Gasteiger partial charge in [-0.3, -0.25) is 4.79 Å². The number of aromatic nitrogens is 2. The average molecular weight is 422 g/mol. The van der Waals surface area contributed by atoms with Crippen molar-refractivity contribution >= 4 is 51.1 Å². The van der Waals surface area contributed by atoms with Gasteiger partial charge in [-0.1, -0.05) is 0 Å². The van der Waals surface area contributed by atoms with E-state index in [1.54, 1.807) is 18.0 Å². The molecule has 112 valence electrons. The molecule has 1 aliphatic rings. The molecule has 21 heavy (non-hydrogen) atoms. The van der Waals surface area contributed by atoms with Crippen LogP contribution in [0.4, 0.5) is 4.39 Å². The van der Waals surface area contributed by atoms with E-state index in [1.165, 1.54) is 6.07 Å². The van der Waals surface area contributed by atoms with Crippen molar-refractivity contribution in [2.45, 2.75) is 24.8 Å². The zero-order valence-corrected chi connectivity index (χ0v) is 14.4. The Hall–Kier alpha value is -0.890. The van der Waals surface area contributed by atoms with E-state index in [1.807, 2.05) is 27.2 Å². The van der Waals surface area contributed by atoms with Gasteiger partial charge in [0.1, 0.15) is 11.6 Å².